The van der Waals surface area contributed by atoms with Crippen LogP contribution < -0.4 is 5.32 Å². The van der Waals surface area contributed by atoms with Crippen LogP contribution in [0.15, 0.2) is 41.3 Å². The van der Waals surface area contributed by atoms with Crippen LogP contribution in [-0.2, 0) is 21.2 Å². The maximum Gasteiger partial charge on any atom is 0.244 e. The van der Waals surface area contributed by atoms with Crippen molar-refractivity contribution in [3.63, 3.8) is 0 Å². The number of para-hydroxylation sites is 1. The van der Waals surface area contributed by atoms with Crippen molar-refractivity contribution in [3.05, 3.63) is 57.6 Å². The van der Waals surface area contributed by atoms with E-state index in [1.165, 1.54) is 25.2 Å². The second kappa shape index (κ2) is 8.39. The number of hydrogen-bond acceptors (Lipinski definition) is 3. The van der Waals surface area contributed by atoms with Crippen molar-refractivity contribution in [1.82, 2.24) is 4.31 Å². The molecule has 0 aromatic heterocycles. The number of amides is 1. The average molecular weight is 415 g/mol. The first-order valence-electron chi connectivity index (χ1n) is 7.96. The number of sulfonamides is 1. The summed E-state index contributed by atoms with van der Waals surface area (Å²) in [4.78, 5) is 12.3. The Balaban J connectivity index is 2.20. The molecule has 5 nitrogen and oxygen atoms in total. The van der Waals surface area contributed by atoms with E-state index in [2.05, 4.69) is 5.32 Å². The minimum Gasteiger partial charge on any atom is -0.324 e. The van der Waals surface area contributed by atoms with Crippen molar-refractivity contribution in [1.29, 1.82) is 0 Å². The van der Waals surface area contributed by atoms with E-state index >= 15 is 0 Å². The highest BCUT2D eigenvalue weighted by Gasteiger charge is 2.26. The van der Waals surface area contributed by atoms with Crippen LogP contribution >= 0.6 is 23.2 Å². The van der Waals surface area contributed by atoms with Crippen LogP contribution in [0, 0.1) is 6.92 Å². The molecule has 0 fully saturated rings. The molecule has 0 atom stereocenters. The molecule has 0 aliphatic rings. The van der Waals surface area contributed by atoms with E-state index in [1.807, 2.05) is 32.0 Å². The topological polar surface area (TPSA) is 66.5 Å². The third-order valence-electron chi connectivity index (χ3n) is 3.95. The van der Waals surface area contributed by atoms with Crippen LogP contribution in [0.25, 0.3) is 0 Å². The molecule has 0 bridgehead atoms. The standard InChI is InChI=1S/C18H20Cl2N2O3S/c1-4-13-7-5-6-12(2)18(13)21-17(23)11-22(3)26(24,25)16-10-14(19)8-9-15(16)20/h5-10H,4,11H2,1-3H3,(H,21,23). The number of hydrogen-bond donors (Lipinski definition) is 1. The van der Waals surface area contributed by atoms with Gasteiger partial charge in [0.1, 0.15) is 4.90 Å². The van der Waals surface area contributed by atoms with Crippen molar-refractivity contribution in [2.45, 2.75) is 25.2 Å². The SMILES string of the molecule is CCc1cccc(C)c1NC(=O)CN(C)S(=O)(=O)c1cc(Cl)ccc1Cl. The number of halogens is 2. The zero-order chi connectivity index (χ0) is 19.5. The van der Waals surface area contributed by atoms with Crippen LogP contribution in [-0.4, -0.2) is 32.2 Å². The molecule has 140 valence electrons. The fourth-order valence-electron chi connectivity index (χ4n) is 2.51. The number of aryl methyl sites for hydroxylation is 2. The highest BCUT2D eigenvalue weighted by atomic mass is 35.5. The second-order valence-electron chi connectivity index (χ2n) is 5.85. The van der Waals surface area contributed by atoms with E-state index in [0.717, 1.165) is 21.9 Å². The molecule has 2 aromatic rings. The Hall–Kier alpha value is -1.60. The van der Waals surface area contributed by atoms with Crippen LogP contribution in [0.5, 0.6) is 0 Å². The van der Waals surface area contributed by atoms with Crippen molar-refractivity contribution in [2.24, 2.45) is 0 Å². The van der Waals surface area contributed by atoms with Crippen LogP contribution in [0.1, 0.15) is 18.1 Å². The van der Waals surface area contributed by atoms with Gasteiger partial charge >= 0.3 is 0 Å². The van der Waals surface area contributed by atoms with Gasteiger partial charge in [-0.25, -0.2) is 8.42 Å². The molecule has 0 saturated heterocycles. The monoisotopic (exact) mass is 414 g/mol. The number of nitrogens with zero attached hydrogens (tertiary/aromatic N) is 1. The number of carbonyl (C=O) groups is 1. The van der Waals surface area contributed by atoms with Gasteiger partial charge in [-0.05, 0) is 42.7 Å². The fourth-order valence-corrected chi connectivity index (χ4v) is 4.37. The van der Waals surface area contributed by atoms with Gasteiger partial charge in [0.05, 0.1) is 11.6 Å². The predicted molar refractivity (Wildman–Crippen MR) is 105 cm³/mol. The third-order valence-corrected chi connectivity index (χ3v) is 6.47. The number of benzene rings is 2. The maximum atomic E-state index is 12.7. The highest BCUT2D eigenvalue weighted by molar-refractivity contribution is 7.89. The summed E-state index contributed by atoms with van der Waals surface area (Å²) in [7, 11) is -2.63. The highest BCUT2D eigenvalue weighted by Crippen LogP contribution is 2.27. The van der Waals surface area contributed by atoms with E-state index in [1.54, 1.807) is 0 Å². The minimum absolute atomic E-state index is 0.0498. The molecule has 0 aliphatic heterocycles. The Kier molecular flexibility index (Phi) is 6.69. The summed E-state index contributed by atoms with van der Waals surface area (Å²) in [6.45, 7) is 3.53. The first kappa shape index (κ1) is 20.7. The van der Waals surface area contributed by atoms with Gasteiger partial charge in [0, 0.05) is 17.8 Å². The number of anilines is 1. The van der Waals surface area contributed by atoms with E-state index in [0.29, 0.717) is 5.69 Å². The van der Waals surface area contributed by atoms with Gasteiger partial charge in [-0.3, -0.25) is 4.79 Å². The molecule has 8 heteroatoms. The van der Waals surface area contributed by atoms with E-state index in [9.17, 15) is 13.2 Å². The molecule has 0 heterocycles. The van der Waals surface area contributed by atoms with E-state index in [-0.39, 0.29) is 21.5 Å². The molecular formula is C18H20Cl2N2O3S. The van der Waals surface area contributed by atoms with E-state index in [4.69, 9.17) is 23.2 Å². The molecule has 2 aromatic carbocycles. The Morgan fingerprint density at radius 1 is 1.19 bits per heavy atom. The normalized spacial score (nSPS) is 11.6. The molecular weight excluding hydrogens is 395 g/mol. The van der Waals surface area contributed by atoms with Crippen LogP contribution in [0.4, 0.5) is 5.69 Å². The van der Waals surface area contributed by atoms with Crippen molar-refractivity contribution in [3.8, 4) is 0 Å². The summed E-state index contributed by atoms with van der Waals surface area (Å²) >= 11 is 11.9. The van der Waals surface area contributed by atoms with Gasteiger partial charge < -0.3 is 5.32 Å². The Labute approximate surface area is 164 Å². The lowest BCUT2D eigenvalue weighted by molar-refractivity contribution is -0.116. The molecule has 0 unspecified atom stereocenters. The third kappa shape index (κ3) is 4.57. The number of nitrogens with one attached hydrogen (secondary N) is 1. The molecule has 2 rings (SSSR count). The molecule has 0 saturated carbocycles. The Bertz CT molecular complexity index is 930. The summed E-state index contributed by atoms with van der Waals surface area (Å²) in [5.41, 5.74) is 2.62. The van der Waals surface area contributed by atoms with Gasteiger partial charge in [0.15, 0.2) is 0 Å². The van der Waals surface area contributed by atoms with Gasteiger partial charge in [-0.1, -0.05) is 48.3 Å². The van der Waals surface area contributed by atoms with Crippen molar-refractivity contribution >= 4 is 44.8 Å². The summed E-state index contributed by atoms with van der Waals surface area (Å²) in [6, 6.07) is 9.91. The van der Waals surface area contributed by atoms with Crippen molar-refractivity contribution in [2.75, 3.05) is 18.9 Å². The van der Waals surface area contributed by atoms with Crippen LogP contribution in [0.3, 0.4) is 0 Å². The molecule has 26 heavy (non-hydrogen) atoms. The van der Waals surface area contributed by atoms with Crippen molar-refractivity contribution < 1.29 is 13.2 Å². The zero-order valence-electron chi connectivity index (χ0n) is 14.7. The quantitative estimate of drug-likeness (QED) is 0.772. The molecule has 1 N–H and O–H groups in total. The molecule has 0 radical (unpaired) electrons. The largest absolute Gasteiger partial charge is 0.324 e. The summed E-state index contributed by atoms with van der Waals surface area (Å²) in [5.74, 6) is -0.432. The van der Waals surface area contributed by atoms with Gasteiger partial charge in [-0.15, -0.1) is 0 Å². The van der Waals surface area contributed by atoms with Crippen LogP contribution in [0.2, 0.25) is 10.0 Å². The lowest BCUT2D eigenvalue weighted by atomic mass is 10.1. The predicted octanol–water partition coefficient (Wildman–Crippen LogP) is 4.12. The Morgan fingerprint density at radius 3 is 2.54 bits per heavy atom. The minimum atomic E-state index is -3.95. The lowest BCUT2D eigenvalue weighted by Crippen LogP contribution is -2.35. The number of carbonyl (C=O) groups excluding carboxylic acids is 1. The zero-order valence-corrected chi connectivity index (χ0v) is 17.0. The summed E-state index contributed by atoms with van der Waals surface area (Å²) < 4.78 is 26.3. The first-order valence-corrected chi connectivity index (χ1v) is 10.2. The number of rotatable bonds is 6. The molecule has 0 spiro atoms. The Morgan fingerprint density at radius 2 is 1.88 bits per heavy atom. The number of likely N-dealkylation sites (N-methyl/N-ethyl adjacent to an activating group) is 1. The molecule has 1 amide bonds. The van der Waals surface area contributed by atoms with Gasteiger partial charge in [0.25, 0.3) is 0 Å². The first-order chi connectivity index (χ1) is 12.2. The van der Waals surface area contributed by atoms with Gasteiger partial charge in [0.2, 0.25) is 15.9 Å². The second-order valence-corrected chi connectivity index (χ2v) is 8.70. The fraction of sp³-hybridized carbons (Fsp3) is 0.278. The smallest absolute Gasteiger partial charge is 0.244 e. The summed E-state index contributed by atoms with van der Waals surface area (Å²) in [6.07, 6.45) is 0.754. The average Bonchev–Trinajstić information content (AvgIpc) is 2.58. The van der Waals surface area contributed by atoms with E-state index < -0.39 is 15.9 Å². The maximum absolute atomic E-state index is 12.7. The molecule has 0 aliphatic carbocycles. The lowest BCUT2D eigenvalue weighted by Gasteiger charge is -2.19. The van der Waals surface area contributed by atoms with Gasteiger partial charge in [-0.2, -0.15) is 4.31 Å². The summed E-state index contributed by atoms with van der Waals surface area (Å²) in [5, 5.41) is 3.10.